The third-order valence-electron chi connectivity index (χ3n) is 5.05. The molecule has 0 N–H and O–H groups in total. The summed E-state index contributed by atoms with van der Waals surface area (Å²) >= 11 is 0. The first-order chi connectivity index (χ1) is 14.4. The molecular weight excluding hydrogens is 411 g/mol. The molecule has 1 aliphatic heterocycles. The molecule has 0 spiro atoms. The molecule has 0 atom stereocenters. The molecule has 1 amide bonds. The van der Waals surface area contributed by atoms with Crippen molar-refractivity contribution in [1.82, 2.24) is 4.90 Å². The predicted molar refractivity (Wildman–Crippen MR) is 111 cm³/mol. The molecule has 0 radical (unpaired) electrons. The van der Waals surface area contributed by atoms with Crippen molar-refractivity contribution in [3.63, 3.8) is 0 Å². The van der Waals surface area contributed by atoms with Crippen molar-refractivity contribution < 1.29 is 27.1 Å². The number of likely N-dealkylation sites (tertiary alicyclic amines) is 1. The van der Waals surface area contributed by atoms with E-state index in [0.717, 1.165) is 35.7 Å². The average molecular weight is 437 g/mol. The Morgan fingerprint density at radius 3 is 2.23 bits per heavy atom. The number of sulfonamides is 1. The first-order valence-electron chi connectivity index (χ1n) is 9.65. The summed E-state index contributed by atoms with van der Waals surface area (Å²) in [5, 5.41) is 0. The number of rotatable bonds is 7. The Hall–Kier alpha value is -2.81. The number of carbonyl (C=O) groups excluding carboxylic acids is 1. The highest BCUT2D eigenvalue weighted by Gasteiger charge is 2.30. The summed E-state index contributed by atoms with van der Waals surface area (Å²) in [6.45, 7) is 0.835. The van der Waals surface area contributed by atoms with Crippen LogP contribution < -0.4 is 13.8 Å². The van der Waals surface area contributed by atoms with Gasteiger partial charge in [-0.05, 0) is 55.7 Å². The van der Waals surface area contributed by atoms with E-state index in [1.807, 2.05) is 0 Å². The van der Waals surface area contributed by atoms with Crippen molar-refractivity contribution in [2.24, 2.45) is 0 Å². The van der Waals surface area contributed by atoms with Gasteiger partial charge in [0.15, 0.2) is 11.5 Å². The van der Waals surface area contributed by atoms with Crippen LogP contribution in [0.1, 0.15) is 19.3 Å². The van der Waals surface area contributed by atoms with E-state index in [2.05, 4.69) is 0 Å². The average Bonchev–Trinajstić information content (AvgIpc) is 2.78. The fourth-order valence-electron chi connectivity index (χ4n) is 3.39. The van der Waals surface area contributed by atoms with E-state index in [1.165, 1.54) is 44.6 Å². The monoisotopic (exact) mass is 436 g/mol. The van der Waals surface area contributed by atoms with Gasteiger partial charge in [0.05, 0.1) is 24.8 Å². The molecule has 2 aromatic carbocycles. The number of carbonyl (C=O) groups is 1. The molecule has 0 aromatic heterocycles. The number of amides is 1. The van der Waals surface area contributed by atoms with Crippen LogP contribution in [0, 0.1) is 5.82 Å². The zero-order chi connectivity index (χ0) is 21.7. The molecule has 1 heterocycles. The zero-order valence-corrected chi connectivity index (χ0v) is 17.8. The van der Waals surface area contributed by atoms with Gasteiger partial charge >= 0.3 is 0 Å². The van der Waals surface area contributed by atoms with Crippen LogP contribution in [0.25, 0.3) is 0 Å². The molecule has 1 fully saturated rings. The van der Waals surface area contributed by atoms with Crippen molar-refractivity contribution in [1.29, 1.82) is 0 Å². The summed E-state index contributed by atoms with van der Waals surface area (Å²) in [5.74, 6) is -0.151. The molecule has 1 saturated heterocycles. The molecule has 0 saturated carbocycles. The van der Waals surface area contributed by atoms with Crippen LogP contribution in [0.3, 0.4) is 0 Å². The van der Waals surface area contributed by atoms with Gasteiger partial charge in [0.25, 0.3) is 10.0 Å². The number of hydrogen-bond donors (Lipinski definition) is 0. The highest BCUT2D eigenvalue weighted by atomic mass is 32.2. The Bertz CT molecular complexity index is 989. The molecular formula is C21H25FN2O5S. The summed E-state index contributed by atoms with van der Waals surface area (Å²) in [4.78, 5) is 14.5. The van der Waals surface area contributed by atoms with Gasteiger partial charge in [-0.3, -0.25) is 9.10 Å². The Balaban J connectivity index is 1.99. The van der Waals surface area contributed by atoms with Gasteiger partial charge in [0.1, 0.15) is 12.4 Å². The standard InChI is InChI=1S/C21H25FN2O5S/c1-28-19-11-10-18(14-20(19)29-2)30(26,27)24(17-8-6-16(22)7-9-17)15-21(25)23-12-4-3-5-13-23/h6-11,14H,3-5,12-13,15H2,1-2H3. The van der Waals surface area contributed by atoms with Gasteiger partial charge in [-0.15, -0.1) is 0 Å². The maximum absolute atomic E-state index is 13.5. The second-order valence-electron chi connectivity index (χ2n) is 6.95. The number of nitrogens with zero attached hydrogens (tertiary/aromatic N) is 2. The van der Waals surface area contributed by atoms with E-state index >= 15 is 0 Å². The van der Waals surface area contributed by atoms with Crippen LogP contribution in [0.15, 0.2) is 47.4 Å². The van der Waals surface area contributed by atoms with Gasteiger partial charge in [0, 0.05) is 19.2 Å². The van der Waals surface area contributed by atoms with Crippen LogP contribution in [-0.2, 0) is 14.8 Å². The lowest BCUT2D eigenvalue weighted by molar-refractivity contribution is -0.130. The summed E-state index contributed by atoms with van der Waals surface area (Å²) in [5.41, 5.74) is 0.205. The molecule has 3 rings (SSSR count). The van der Waals surface area contributed by atoms with Crippen LogP contribution in [0.5, 0.6) is 11.5 Å². The van der Waals surface area contributed by atoms with Crippen molar-refractivity contribution >= 4 is 21.6 Å². The van der Waals surface area contributed by atoms with Crippen molar-refractivity contribution in [2.45, 2.75) is 24.2 Å². The summed E-state index contributed by atoms with van der Waals surface area (Å²) < 4.78 is 51.8. The van der Waals surface area contributed by atoms with Crippen LogP contribution >= 0.6 is 0 Å². The molecule has 30 heavy (non-hydrogen) atoms. The van der Waals surface area contributed by atoms with E-state index in [1.54, 1.807) is 4.90 Å². The quantitative estimate of drug-likeness (QED) is 0.667. The minimum absolute atomic E-state index is 0.0593. The minimum Gasteiger partial charge on any atom is -0.493 e. The highest BCUT2D eigenvalue weighted by molar-refractivity contribution is 7.92. The van der Waals surface area contributed by atoms with Crippen LogP contribution in [-0.4, -0.2) is 53.1 Å². The Kier molecular flexibility index (Phi) is 6.81. The third-order valence-corrected chi connectivity index (χ3v) is 6.82. The van der Waals surface area contributed by atoms with Crippen molar-refractivity contribution in [3.8, 4) is 11.5 Å². The molecule has 0 aliphatic carbocycles. The number of halogens is 1. The zero-order valence-electron chi connectivity index (χ0n) is 17.0. The van der Waals surface area contributed by atoms with E-state index in [4.69, 9.17) is 9.47 Å². The lowest BCUT2D eigenvalue weighted by Crippen LogP contribution is -2.44. The van der Waals surface area contributed by atoms with E-state index in [9.17, 15) is 17.6 Å². The van der Waals surface area contributed by atoms with Gasteiger partial charge in [-0.2, -0.15) is 0 Å². The topological polar surface area (TPSA) is 76.2 Å². The SMILES string of the molecule is COc1ccc(S(=O)(=O)N(CC(=O)N2CCCCC2)c2ccc(F)cc2)cc1OC. The Morgan fingerprint density at radius 1 is 1.00 bits per heavy atom. The molecule has 0 unspecified atom stereocenters. The smallest absolute Gasteiger partial charge is 0.264 e. The number of methoxy groups -OCH3 is 2. The molecule has 2 aromatic rings. The highest BCUT2D eigenvalue weighted by Crippen LogP contribution is 2.32. The lowest BCUT2D eigenvalue weighted by Gasteiger charge is -2.30. The number of benzene rings is 2. The Labute approximate surface area is 176 Å². The summed E-state index contributed by atoms with van der Waals surface area (Å²) in [6.07, 6.45) is 2.84. The van der Waals surface area contributed by atoms with Gasteiger partial charge in [-0.25, -0.2) is 12.8 Å². The van der Waals surface area contributed by atoms with Gasteiger partial charge < -0.3 is 14.4 Å². The number of hydrogen-bond acceptors (Lipinski definition) is 5. The largest absolute Gasteiger partial charge is 0.493 e. The van der Waals surface area contributed by atoms with E-state index in [-0.39, 0.29) is 28.8 Å². The normalized spacial score (nSPS) is 14.3. The molecule has 1 aliphatic rings. The maximum Gasteiger partial charge on any atom is 0.264 e. The summed E-state index contributed by atoms with van der Waals surface area (Å²) in [7, 11) is -1.27. The van der Waals surface area contributed by atoms with Gasteiger partial charge in [-0.1, -0.05) is 0 Å². The predicted octanol–water partition coefficient (Wildman–Crippen LogP) is 3.05. The number of anilines is 1. The Morgan fingerprint density at radius 2 is 1.63 bits per heavy atom. The fraction of sp³-hybridized carbons (Fsp3) is 0.381. The second-order valence-corrected chi connectivity index (χ2v) is 8.81. The summed E-state index contributed by atoms with van der Waals surface area (Å²) in [6, 6.07) is 9.24. The van der Waals surface area contributed by atoms with E-state index < -0.39 is 15.8 Å². The second kappa shape index (κ2) is 9.34. The van der Waals surface area contributed by atoms with Gasteiger partial charge in [0.2, 0.25) is 5.91 Å². The molecule has 162 valence electrons. The fourth-order valence-corrected chi connectivity index (χ4v) is 4.82. The molecule has 0 bridgehead atoms. The first kappa shape index (κ1) is 21.9. The molecule has 7 nitrogen and oxygen atoms in total. The molecule has 9 heteroatoms. The van der Waals surface area contributed by atoms with Crippen molar-refractivity contribution in [3.05, 3.63) is 48.3 Å². The minimum atomic E-state index is -4.13. The van der Waals surface area contributed by atoms with E-state index in [0.29, 0.717) is 18.8 Å². The number of piperidine rings is 1. The first-order valence-corrected chi connectivity index (χ1v) is 11.1. The maximum atomic E-state index is 13.5. The lowest BCUT2D eigenvalue weighted by atomic mass is 10.1. The van der Waals surface area contributed by atoms with Crippen LogP contribution in [0.4, 0.5) is 10.1 Å². The van der Waals surface area contributed by atoms with Crippen LogP contribution in [0.2, 0.25) is 0 Å². The number of ether oxygens (including phenoxy) is 2. The third kappa shape index (κ3) is 4.67. The van der Waals surface area contributed by atoms with Crippen molar-refractivity contribution in [2.75, 3.05) is 38.2 Å².